The number of esters is 1. The summed E-state index contributed by atoms with van der Waals surface area (Å²) in [5.41, 5.74) is -0.518. The maximum absolute atomic E-state index is 13.8. The van der Waals surface area contributed by atoms with E-state index in [0.29, 0.717) is 12.2 Å². The third-order valence-corrected chi connectivity index (χ3v) is 7.46. The van der Waals surface area contributed by atoms with Crippen molar-refractivity contribution in [1.29, 1.82) is 0 Å². The first-order valence-electron chi connectivity index (χ1n) is 11.3. The summed E-state index contributed by atoms with van der Waals surface area (Å²) in [6, 6.07) is 9.01. The summed E-state index contributed by atoms with van der Waals surface area (Å²) in [6.07, 6.45) is 5.30. The number of carbonyl (C=O) groups is 3. The molecular weight excluding hydrogens is 380 g/mol. The molecule has 1 heterocycles. The summed E-state index contributed by atoms with van der Waals surface area (Å²) >= 11 is 0. The monoisotopic (exact) mass is 412 g/mol. The molecule has 0 bridgehead atoms. The Labute approximate surface area is 178 Å². The van der Waals surface area contributed by atoms with Gasteiger partial charge in [-0.2, -0.15) is 0 Å². The average Bonchev–Trinajstić information content (AvgIpc) is 3.49. The predicted octanol–water partition coefficient (Wildman–Crippen LogP) is 3.16. The lowest BCUT2D eigenvalue weighted by molar-refractivity contribution is -0.148. The van der Waals surface area contributed by atoms with Crippen LogP contribution >= 0.6 is 0 Å². The van der Waals surface area contributed by atoms with Crippen molar-refractivity contribution < 1.29 is 19.1 Å². The van der Waals surface area contributed by atoms with E-state index in [1.165, 1.54) is 6.42 Å². The van der Waals surface area contributed by atoms with Crippen LogP contribution < -0.4 is 5.32 Å². The summed E-state index contributed by atoms with van der Waals surface area (Å²) in [5, 5.41) is 3.05. The van der Waals surface area contributed by atoms with Crippen LogP contribution in [0.2, 0.25) is 0 Å². The highest BCUT2D eigenvalue weighted by Gasteiger charge is 2.71. The molecule has 2 saturated carbocycles. The second-order valence-electron chi connectivity index (χ2n) is 9.16. The Morgan fingerprint density at radius 1 is 1.17 bits per heavy atom. The Morgan fingerprint density at radius 3 is 2.47 bits per heavy atom. The maximum atomic E-state index is 13.8. The topological polar surface area (TPSA) is 75.7 Å². The number of likely N-dealkylation sites (tertiary alicyclic amines) is 1. The van der Waals surface area contributed by atoms with Gasteiger partial charge in [-0.05, 0) is 44.7 Å². The van der Waals surface area contributed by atoms with Crippen LogP contribution in [0, 0.1) is 17.8 Å². The highest BCUT2D eigenvalue weighted by atomic mass is 16.5. The molecule has 1 saturated heterocycles. The van der Waals surface area contributed by atoms with Gasteiger partial charge in [0.2, 0.25) is 5.91 Å². The summed E-state index contributed by atoms with van der Waals surface area (Å²) in [5.74, 6) is -0.956. The van der Waals surface area contributed by atoms with Gasteiger partial charge in [-0.15, -0.1) is 0 Å². The van der Waals surface area contributed by atoms with Crippen LogP contribution in [0.25, 0.3) is 0 Å². The van der Waals surface area contributed by atoms with Crippen molar-refractivity contribution in [1.82, 2.24) is 10.2 Å². The quantitative estimate of drug-likeness (QED) is 0.754. The summed E-state index contributed by atoms with van der Waals surface area (Å²) in [7, 11) is 0. The molecule has 6 heteroatoms. The van der Waals surface area contributed by atoms with Gasteiger partial charge in [-0.25, -0.2) is 0 Å². The molecule has 5 atom stereocenters. The van der Waals surface area contributed by atoms with E-state index in [1.807, 2.05) is 43.9 Å². The predicted molar refractivity (Wildman–Crippen MR) is 113 cm³/mol. The second-order valence-corrected chi connectivity index (χ2v) is 9.16. The van der Waals surface area contributed by atoms with Crippen LogP contribution in [0.3, 0.4) is 0 Å². The average molecular weight is 413 g/mol. The molecule has 4 rings (SSSR count). The van der Waals surface area contributed by atoms with E-state index >= 15 is 0 Å². The zero-order chi connectivity index (χ0) is 21.5. The molecule has 0 radical (unpaired) electrons. The molecule has 2 aliphatic carbocycles. The van der Waals surface area contributed by atoms with E-state index in [9.17, 15) is 14.4 Å². The molecule has 1 aliphatic heterocycles. The van der Waals surface area contributed by atoms with Crippen molar-refractivity contribution >= 4 is 17.8 Å². The minimum Gasteiger partial charge on any atom is -0.466 e. The molecule has 1 N–H and O–H groups in total. The standard InChI is InChI=1S/C24H32N2O4/c1-4-30-22(28)19-18-15(2)24(3,25-21(27)16-11-7-5-8-12-16)23(29)26(20(18)19)17-13-9-6-10-14-17/h5,7-8,11-12,15,17-20H,4,6,9-10,13-14H2,1-3H3,(H,25,27)/t15-,18-,19-,20-,24+/m0/s1. The van der Waals surface area contributed by atoms with Crippen LogP contribution in [0.15, 0.2) is 30.3 Å². The second kappa shape index (κ2) is 8.05. The number of amides is 2. The van der Waals surface area contributed by atoms with E-state index < -0.39 is 5.54 Å². The van der Waals surface area contributed by atoms with Crippen molar-refractivity contribution in [3.63, 3.8) is 0 Å². The highest BCUT2D eigenvalue weighted by Crippen LogP contribution is 2.57. The molecule has 1 aromatic carbocycles. The fourth-order valence-electron chi connectivity index (χ4n) is 5.63. The third kappa shape index (κ3) is 3.40. The Hall–Kier alpha value is -2.37. The highest BCUT2D eigenvalue weighted by molar-refractivity contribution is 6.00. The Bertz CT molecular complexity index is 820. The number of hydrogen-bond acceptors (Lipinski definition) is 4. The van der Waals surface area contributed by atoms with Crippen molar-refractivity contribution in [2.75, 3.05) is 6.61 Å². The number of ether oxygens (including phenoxy) is 1. The van der Waals surface area contributed by atoms with Gasteiger partial charge in [-0.3, -0.25) is 14.4 Å². The molecule has 162 valence electrons. The Morgan fingerprint density at radius 2 is 1.83 bits per heavy atom. The Kier molecular flexibility index (Phi) is 5.60. The summed E-state index contributed by atoms with van der Waals surface area (Å²) in [6.45, 7) is 5.95. The molecule has 0 spiro atoms. The molecule has 2 amide bonds. The Balaban J connectivity index is 1.64. The van der Waals surface area contributed by atoms with E-state index in [4.69, 9.17) is 4.74 Å². The van der Waals surface area contributed by atoms with Crippen LogP contribution in [-0.2, 0) is 14.3 Å². The van der Waals surface area contributed by atoms with Crippen LogP contribution in [0.5, 0.6) is 0 Å². The molecule has 3 aliphatic rings. The van der Waals surface area contributed by atoms with Gasteiger partial charge in [0.15, 0.2) is 0 Å². The van der Waals surface area contributed by atoms with Crippen molar-refractivity contribution in [2.45, 2.75) is 70.5 Å². The molecule has 6 nitrogen and oxygen atoms in total. The molecule has 0 unspecified atom stereocenters. The van der Waals surface area contributed by atoms with E-state index in [2.05, 4.69) is 5.32 Å². The first-order chi connectivity index (χ1) is 14.4. The van der Waals surface area contributed by atoms with Crippen LogP contribution in [-0.4, -0.2) is 46.9 Å². The fraction of sp³-hybridized carbons (Fsp3) is 0.625. The lowest BCUT2D eigenvalue weighted by atomic mass is 9.77. The van der Waals surface area contributed by atoms with Crippen molar-refractivity contribution in [3.8, 4) is 0 Å². The number of carbonyl (C=O) groups excluding carboxylic acids is 3. The van der Waals surface area contributed by atoms with E-state index in [0.717, 1.165) is 25.7 Å². The van der Waals surface area contributed by atoms with Crippen LogP contribution in [0.1, 0.15) is 63.2 Å². The van der Waals surface area contributed by atoms with Gasteiger partial charge >= 0.3 is 5.97 Å². The summed E-state index contributed by atoms with van der Waals surface area (Å²) in [4.78, 5) is 41.4. The zero-order valence-electron chi connectivity index (χ0n) is 18.1. The summed E-state index contributed by atoms with van der Waals surface area (Å²) < 4.78 is 5.33. The van der Waals surface area contributed by atoms with Gasteiger partial charge in [0.1, 0.15) is 5.54 Å². The number of piperidine rings is 1. The number of fused-ring (bicyclic) bond motifs is 1. The van der Waals surface area contributed by atoms with Gasteiger partial charge in [0.25, 0.3) is 5.91 Å². The van der Waals surface area contributed by atoms with Gasteiger partial charge in [0.05, 0.1) is 12.5 Å². The van der Waals surface area contributed by atoms with Crippen molar-refractivity contribution in [3.05, 3.63) is 35.9 Å². The van der Waals surface area contributed by atoms with Gasteiger partial charge in [-0.1, -0.05) is 44.4 Å². The van der Waals surface area contributed by atoms with E-state index in [1.54, 1.807) is 12.1 Å². The first kappa shape index (κ1) is 20.9. The largest absolute Gasteiger partial charge is 0.466 e. The third-order valence-electron chi connectivity index (χ3n) is 7.46. The molecule has 30 heavy (non-hydrogen) atoms. The van der Waals surface area contributed by atoms with Crippen LogP contribution in [0.4, 0.5) is 0 Å². The lowest BCUT2D eigenvalue weighted by Gasteiger charge is -2.47. The maximum Gasteiger partial charge on any atom is 0.311 e. The number of nitrogens with one attached hydrogen (secondary N) is 1. The molecular formula is C24H32N2O4. The van der Waals surface area contributed by atoms with Gasteiger partial charge < -0.3 is 15.0 Å². The zero-order valence-corrected chi connectivity index (χ0v) is 18.1. The molecule has 0 aromatic heterocycles. The first-order valence-corrected chi connectivity index (χ1v) is 11.3. The smallest absolute Gasteiger partial charge is 0.311 e. The number of benzene rings is 1. The van der Waals surface area contributed by atoms with E-state index in [-0.39, 0.29) is 47.6 Å². The van der Waals surface area contributed by atoms with Gasteiger partial charge in [0, 0.05) is 23.6 Å². The lowest BCUT2D eigenvalue weighted by Crippen LogP contribution is -2.67. The van der Waals surface area contributed by atoms with Crippen molar-refractivity contribution in [2.24, 2.45) is 17.8 Å². The number of rotatable bonds is 5. The number of hydrogen-bond donors (Lipinski definition) is 1. The SMILES string of the molecule is CCOC(=O)[C@H]1[C@H]2[C@@H]1N(C1CCCCC1)C(=O)[C@](C)(NC(=O)c1ccccc1)[C@H]2C. The number of nitrogens with zero attached hydrogens (tertiary/aromatic N) is 1. The minimum absolute atomic E-state index is 0.0183. The minimum atomic E-state index is -1.05. The molecule has 1 aromatic rings. The molecule has 3 fully saturated rings. The normalized spacial score (nSPS) is 33.6. The fourth-order valence-corrected chi connectivity index (χ4v) is 5.63.